The van der Waals surface area contributed by atoms with Gasteiger partial charge in [-0.15, -0.1) is 11.8 Å². The van der Waals surface area contributed by atoms with Crippen molar-refractivity contribution in [2.45, 2.75) is 30.6 Å². The highest BCUT2D eigenvalue weighted by Gasteiger charge is 2.37. The zero-order valence-electron chi connectivity index (χ0n) is 8.32. The van der Waals surface area contributed by atoms with E-state index in [9.17, 15) is 4.79 Å². The number of carbonyl (C=O) groups excluding carboxylic acids is 1. The number of carbonyl (C=O) groups is 1. The molecule has 0 bridgehead atoms. The van der Waals surface area contributed by atoms with E-state index in [1.807, 2.05) is 6.92 Å². The average Bonchev–Trinajstić information content (AvgIpc) is 2.62. The van der Waals surface area contributed by atoms with E-state index in [0.29, 0.717) is 0 Å². The molecule has 0 aromatic heterocycles. The third kappa shape index (κ3) is 2.62. The van der Waals surface area contributed by atoms with E-state index in [4.69, 9.17) is 10.2 Å². The van der Waals surface area contributed by atoms with Gasteiger partial charge in [0.15, 0.2) is 0 Å². The minimum Gasteiger partial charge on any atom is -0.394 e. The maximum atomic E-state index is 11.7. The largest absolute Gasteiger partial charge is 0.394 e. The standard InChI is InChI=1S/C9H17NO3S/c1-9(3-2-4-14-9)8(13)10-7(5-11)6-12/h7,11-12H,2-6H2,1H3,(H,10,13). The molecule has 0 saturated carbocycles. The number of hydrogen-bond donors (Lipinski definition) is 3. The number of nitrogens with one attached hydrogen (secondary N) is 1. The van der Waals surface area contributed by atoms with Crippen LogP contribution in [0.25, 0.3) is 0 Å². The minimum atomic E-state index is -0.527. The molecule has 1 rings (SSSR count). The highest BCUT2D eigenvalue weighted by Crippen LogP contribution is 2.37. The van der Waals surface area contributed by atoms with Crippen molar-refractivity contribution in [1.29, 1.82) is 0 Å². The van der Waals surface area contributed by atoms with E-state index >= 15 is 0 Å². The van der Waals surface area contributed by atoms with Gasteiger partial charge < -0.3 is 15.5 Å². The second-order valence-electron chi connectivity index (χ2n) is 3.72. The molecule has 4 nitrogen and oxygen atoms in total. The number of rotatable bonds is 4. The van der Waals surface area contributed by atoms with Crippen molar-refractivity contribution in [3.05, 3.63) is 0 Å². The van der Waals surface area contributed by atoms with Crippen LogP contribution in [0.2, 0.25) is 0 Å². The molecular formula is C9H17NO3S. The molecule has 1 amide bonds. The number of aliphatic hydroxyl groups excluding tert-OH is 2. The van der Waals surface area contributed by atoms with E-state index in [1.54, 1.807) is 11.8 Å². The molecule has 14 heavy (non-hydrogen) atoms. The fraction of sp³-hybridized carbons (Fsp3) is 0.889. The lowest BCUT2D eigenvalue weighted by molar-refractivity contribution is -0.124. The first-order chi connectivity index (χ1) is 6.62. The normalized spacial score (nSPS) is 26.9. The Morgan fingerprint density at radius 1 is 1.57 bits per heavy atom. The van der Waals surface area contributed by atoms with Crippen molar-refractivity contribution >= 4 is 17.7 Å². The van der Waals surface area contributed by atoms with Crippen molar-refractivity contribution in [2.75, 3.05) is 19.0 Å². The molecule has 1 unspecified atom stereocenters. The van der Waals surface area contributed by atoms with Gasteiger partial charge in [-0.2, -0.15) is 0 Å². The zero-order chi connectivity index (χ0) is 10.6. The van der Waals surface area contributed by atoms with Gasteiger partial charge in [0.2, 0.25) is 5.91 Å². The number of thioether (sulfide) groups is 1. The van der Waals surface area contributed by atoms with Gasteiger partial charge in [0.1, 0.15) is 0 Å². The first-order valence-electron chi connectivity index (χ1n) is 4.79. The van der Waals surface area contributed by atoms with Crippen LogP contribution < -0.4 is 5.32 Å². The number of aliphatic hydroxyl groups is 2. The molecular weight excluding hydrogens is 202 g/mol. The number of hydrogen-bond acceptors (Lipinski definition) is 4. The zero-order valence-corrected chi connectivity index (χ0v) is 9.14. The molecule has 0 spiro atoms. The third-order valence-electron chi connectivity index (χ3n) is 2.48. The van der Waals surface area contributed by atoms with Crippen LogP contribution in [0.5, 0.6) is 0 Å². The summed E-state index contributed by atoms with van der Waals surface area (Å²) in [6, 6.07) is -0.527. The van der Waals surface area contributed by atoms with Gasteiger partial charge >= 0.3 is 0 Å². The van der Waals surface area contributed by atoms with E-state index in [1.165, 1.54) is 0 Å². The quantitative estimate of drug-likeness (QED) is 0.609. The Labute approximate surface area is 88.1 Å². The predicted molar refractivity (Wildman–Crippen MR) is 56.2 cm³/mol. The van der Waals surface area contributed by atoms with E-state index in [2.05, 4.69) is 5.32 Å². The average molecular weight is 219 g/mol. The summed E-state index contributed by atoms with van der Waals surface area (Å²) in [5.74, 6) is 0.931. The molecule has 1 heterocycles. The Balaban J connectivity index is 2.48. The summed E-state index contributed by atoms with van der Waals surface area (Å²) in [4.78, 5) is 11.7. The third-order valence-corrected chi connectivity index (χ3v) is 3.99. The van der Waals surface area contributed by atoms with Crippen molar-refractivity contribution in [3.8, 4) is 0 Å². The molecule has 82 valence electrons. The van der Waals surface area contributed by atoms with Crippen LogP contribution in [-0.4, -0.2) is 45.9 Å². The molecule has 3 N–H and O–H groups in total. The first-order valence-corrected chi connectivity index (χ1v) is 5.77. The molecule has 0 aromatic rings. The summed E-state index contributed by atoms with van der Waals surface area (Å²) < 4.78 is -0.372. The van der Waals surface area contributed by atoms with Gasteiger partial charge in [0.05, 0.1) is 24.0 Å². The summed E-state index contributed by atoms with van der Waals surface area (Å²) in [6.45, 7) is 1.47. The van der Waals surface area contributed by atoms with E-state index in [0.717, 1.165) is 18.6 Å². The molecule has 1 atom stereocenters. The lowest BCUT2D eigenvalue weighted by Gasteiger charge is -2.24. The van der Waals surface area contributed by atoms with E-state index in [-0.39, 0.29) is 23.9 Å². The molecule has 0 radical (unpaired) electrons. The molecule has 1 saturated heterocycles. The first kappa shape index (κ1) is 11.8. The van der Waals surface area contributed by atoms with Gasteiger partial charge in [0, 0.05) is 0 Å². The van der Waals surface area contributed by atoms with Crippen LogP contribution in [0.1, 0.15) is 19.8 Å². The maximum Gasteiger partial charge on any atom is 0.236 e. The maximum absolute atomic E-state index is 11.7. The fourth-order valence-electron chi connectivity index (χ4n) is 1.45. The van der Waals surface area contributed by atoms with Gasteiger partial charge in [-0.1, -0.05) is 0 Å². The Hall–Kier alpha value is -0.260. The smallest absolute Gasteiger partial charge is 0.236 e. The van der Waals surface area contributed by atoms with Crippen LogP contribution in [0.3, 0.4) is 0 Å². The number of amides is 1. The predicted octanol–water partition coefficient (Wildman–Crippen LogP) is -0.259. The van der Waals surface area contributed by atoms with Crippen LogP contribution in [0.15, 0.2) is 0 Å². The van der Waals surface area contributed by atoms with Crippen molar-refractivity contribution in [1.82, 2.24) is 5.32 Å². The van der Waals surface area contributed by atoms with Crippen LogP contribution in [0.4, 0.5) is 0 Å². The second-order valence-corrected chi connectivity index (χ2v) is 5.32. The van der Waals surface area contributed by atoms with Crippen molar-refractivity contribution in [3.63, 3.8) is 0 Å². The van der Waals surface area contributed by atoms with Gasteiger partial charge in [-0.3, -0.25) is 4.79 Å². The van der Waals surface area contributed by atoms with Gasteiger partial charge in [-0.25, -0.2) is 0 Å². The lowest BCUT2D eigenvalue weighted by atomic mass is 10.0. The lowest BCUT2D eigenvalue weighted by Crippen LogP contribution is -2.48. The Kier molecular flexibility index (Phi) is 4.22. The summed E-state index contributed by atoms with van der Waals surface area (Å²) in [5, 5.41) is 20.3. The summed E-state index contributed by atoms with van der Waals surface area (Å²) in [7, 11) is 0. The molecule has 1 aliphatic heterocycles. The van der Waals surface area contributed by atoms with Gasteiger partial charge in [0.25, 0.3) is 0 Å². The molecule has 0 aliphatic carbocycles. The highest BCUT2D eigenvalue weighted by molar-refractivity contribution is 8.01. The minimum absolute atomic E-state index is 0.0758. The molecule has 1 fully saturated rings. The Bertz CT molecular complexity index is 200. The topological polar surface area (TPSA) is 69.6 Å². The van der Waals surface area contributed by atoms with Crippen LogP contribution in [-0.2, 0) is 4.79 Å². The SMILES string of the molecule is CC1(C(=O)NC(CO)CO)CCCS1. The second kappa shape index (κ2) is 5.00. The molecule has 5 heteroatoms. The van der Waals surface area contributed by atoms with Crippen molar-refractivity contribution in [2.24, 2.45) is 0 Å². The molecule has 1 aliphatic rings. The van der Waals surface area contributed by atoms with E-state index < -0.39 is 6.04 Å². The Morgan fingerprint density at radius 2 is 2.21 bits per heavy atom. The summed E-state index contributed by atoms with van der Waals surface area (Å²) in [6.07, 6.45) is 1.92. The molecule has 0 aromatic carbocycles. The summed E-state index contributed by atoms with van der Waals surface area (Å²) >= 11 is 1.64. The van der Waals surface area contributed by atoms with Crippen molar-refractivity contribution < 1.29 is 15.0 Å². The van der Waals surface area contributed by atoms with Crippen LogP contribution in [0, 0.1) is 0 Å². The monoisotopic (exact) mass is 219 g/mol. The fourth-order valence-corrected chi connectivity index (χ4v) is 2.66. The Morgan fingerprint density at radius 3 is 2.64 bits per heavy atom. The van der Waals surface area contributed by atoms with Gasteiger partial charge in [-0.05, 0) is 25.5 Å². The summed E-state index contributed by atoms with van der Waals surface area (Å²) in [5.41, 5.74) is 0. The van der Waals surface area contributed by atoms with Crippen LogP contribution >= 0.6 is 11.8 Å². The highest BCUT2D eigenvalue weighted by atomic mass is 32.2.